The molecule has 0 aliphatic heterocycles. The molecule has 0 radical (unpaired) electrons. The van der Waals surface area contributed by atoms with E-state index in [0.29, 0.717) is 19.3 Å². The number of rotatable bonds is 56. The predicted molar refractivity (Wildman–Crippen MR) is 298 cm³/mol. The normalized spacial score (nSPS) is 12.2. The summed E-state index contributed by atoms with van der Waals surface area (Å²) in [6.07, 6.45) is 70.0. The van der Waals surface area contributed by atoms with Crippen molar-refractivity contribution in [1.82, 2.24) is 0 Å². The van der Waals surface area contributed by atoms with Crippen molar-refractivity contribution in [2.24, 2.45) is 0 Å². The monoisotopic (exact) mass is 969 g/mol. The molecule has 1 unspecified atom stereocenters. The third-order valence-electron chi connectivity index (χ3n) is 13.6. The van der Waals surface area contributed by atoms with E-state index in [-0.39, 0.29) is 31.1 Å². The predicted octanol–water partition coefficient (Wildman–Crippen LogP) is 20.4. The molecule has 0 N–H and O–H groups in total. The van der Waals surface area contributed by atoms with Gasteiger partial charge in [-0.15, -0.1) is 0 Å². The van der Waals surface area contributed by atoms with Gasteiger partial charge in [-0.3, -0.25) is 14.4 Å². The van der Waals surface area contributed by atoms with Crippen LogP contribution in [-0.2, 0) is 28.6 Å². The quantitative estimate of drug-likeness (QED) is 0.0261. The van der Waals surface area contributed by atoms with Gasteiger partial charge in [0.1, 0.15) is 13.2 Å². The van der Waals surface area contributed by atoms with Gasteiger partial charge >= 0.3 is 17.9 Å². The topological polar surface area (TPSA) is 78.9 Å². The Labute approximate surface area is 429 Å². The standard InChI is InChI=1S/C63H116O6/c1-4-7-10-13-16-19-22-25-28-30-31-32-33-34-36-38-41-44-47-50-53-56-62(65)68-59-60(58-67-61(64)55-52-49-46-43-40-37-27-24-21-18-15-12-9-6-3)69-63(66)57-54-51-48-45-42-39-35-29-26-23-20-17-14-11-8-5-2/h15,18,24,27,30-31,60H,4-14,16-17,19-23,25-26,28-29,32-59H2,1-3H3/b18-15-,27-24-,31-30-. The zero-order valence-electron chi connectivity index (χ0n) is 46.3. The summed E-state index contributed by atoms with van der Waals surface area (Å²) in [7, 11) is 0. The van der Waals surface area contributed by atoms with E-state index in [4.69, 9.17) is 14.2 Å². The first-order valence-corrected chi connectivity index (χ1v) is 30.5. The summed E-state index contributed by atoms with van der Waals surface area (Å²) in [5.41, 5.74) is 0. The molecule has 0 aliphatic rings. The Morgan fingerprint density at radius 1 is 0.290 bits per heavy atom. The van der Waals surface area contributed by atoms with Gasteiger partial charge in [-0.1, -0.05) is 276 Å². The lowest BCUT2D eigenvalue weighted by Gasteiger charge is -2.18. The minimum atomic E-state index is -0.776. The maximum atomic E-state index is 12.9. The van der Waals surface area contributed by atoms with E-state index in [2.05, 4.69) is 57.2 Å². The van der Waals surface area contributed by atoms with Gasteiger partial charge in [0.2, 0.25) is 0 Å². The summed E-state index contributed by atoms with van der Waals surface area (Å²) in [5, 5.41) is 0. The molecular formula is C63H116O6. The van der Waals surface area contributed by atoms with Crippen LogP contribution in [0.2, 0.25) is 0 Å². The number of hydrogen-bond acceptors (Lipinski definition) is 6. The average molecular weight is 970 g/mol. The highest BCUT2D eigenvalue weighted by molar-refractivity contribution is 5.71. The highest BCUT2D eigenvalue weighted by Crippen LogP contribution is 2.17. The van der Waals surface area contributed by atoms with Crippen molar-refractivity contribution in [2.45, 2.75) is 335 Å². The first-order valence-electron chi connectivity index (χ1n) is 30.5. The molecule has 0 fully saturated rings. The van der Waals surface area contributed by atoms with Crippen molar-refractivity contribution in [2.75, 3.05) is 13.2 Å². The first-order chi connectivity index (χ1) is 34.0. The summed E-state index contributed by atoms with van der Waals surface area (Å²) in [4.78, 5) is 38.2. The molecule has 6 heteroatoms. The van der Waals surface area contributed by atoms with Crippen LogP contribution < -0.4 is 0 Å². The summed E-state index contributed by atoms with van der Waals surface area (Å²) in [6, 6.07) is 0. The Morgan fingerprint density at radius 3 is 0.855 bits per heavy atom. The molecule has 69 heavy (non-hydrogen) atoms. The summed E-state index contributed by atoms with van der Waals surface area (Å²) in [5.74, 6) is -0.870. The summed E-state index contributed by atoms with van der Waals surface area (Å²) < 4.78 is 16.9. The molecule has 6 nitrogen and oxygen atoms in total. The lowest BCUT2D eigenvalue weighted by Crippen LogP contribution is -2.30. The summed E-state index contributed by atoms with van der Waals surface area (Å²) in [6.45, 7) is 6.64. The van der Waals surface area contributed by atoms with Gasteiger partial charge in [-0.05, 0) is 70.6 Å². The lowest BCUT2D eigenvalue weighted by atomic mass is 10.0. The minimum Gasteiger partial charge on any atom is -0.462 e. The Bertz CT molecular complexity index is 1160. The fraction of sp³-hybridized carbons (Fsp3) is 0.857. The number of esters is 3. The smallest absolute Gasteiger partial charge is 0.306 e. The number of unbranched alkanes of at least 4 members (excludes halogenated alkanes) is 39. The van der Waals surface area contributed by atoms with Crippen LogP contribution in [0.5, 0.6) is 0 Å². The van der Waals surface area contributed by atoms with Crippen LogP contribution in [0.15, 0.2) is 36.5 Å². The second-order valence-electron chi connectivity index (χ2n) is 20.6. The van der Waals surface area contributed by atoms with Crippen LogP contribution in [0.3, 0.4) is 0 Å². The van der Waals surface area contributed by atoms with Crippen LogP contribution in [0.1, 0.15) is 329 Å². The van der Waals surface area contributed by atoms with Crippen LogP contribution >= 0.6 is 0 Å². The zero-order valence-corrected chi connectivity index (χ0v) is 46.3. The van der Waals surface area contributed by atoms with Gasteiger partial charge < -0.3 is 14.2 Å². The Hall–Kier alpha value is -2.37. The number of ether oxygens (including phenoxy) is 3. The molecular weight excluding hydrogens is 853 g/mol. The second kappa shape index (κ2) is 58.2. The lowest BCUT2D eigenvalue weighted by molar-refractivity contribution is -0.167. The molecule has 0 aliphatic carbocycles. The maximum Gasteiger partial charge on any atom is 0.306 e. The van der Waals surface area contributed by atoms with Crippen molar-refractivity contribution < 1.29 is 28.6 Å². The fourth-order valence-corrected chi connectivity index (χ4v) is 8.99. The van der Waals surface area contributed by atoms with Gasteiger partial charge in [-0.25, -0.2) is 0 Å². The Morgan fingerprint density at radius 2 is 0.536 bits per heavy atom. The zero-order chi connectivity index (χ0) is 50.0. The van der Waals surface area contributed by atoms with E-state index in [0.717, 1.165) is 77.0 Å². The van der Waals surface area contributed by atoms with Crippen molar-refractivity contribution in [3.05, 3.63) is 36.5 Å². The maximum absolute atomic E-state index is 12.9. The largest absolute Gasteiger partial charge is 0.462 e. The van der Waals surface area contributed by atoms with E-state index in [1.54, 1.807) is 0 Å². The average Bonchev–Trinajstić information content (AvgIpc) is 3.35. The number of carbonyl (C=O) groups excluding carboxylic acids is 3. The first kappa shape index (κ1) is 66.6. The molecule has 0 aromatic heterocycles. The molecule has 404 valence electrons. The van der Waals surface area contributed by atoms with Crippen molar-refractivity contribution in [3.63, 3.8) is 0 Å². The van der Waals surface area contributed by atoms with Crippen molar-refractivity contribution >= 4 is 17.9 Å². The van der Waals surface area contributed by atoms with Gasteiger partial charge in [0.05, 0.1) is 0 Å². The molecule has 0 aromatic carbocycles. The fourth-order valence-electron chi connectivity index (χ4n) is 8.99. The van der Waals surface area contributed by atoms with Crippen molar-refractivity contribution in [3.8, 4) is 0 Å². The van der Waals surface area contributed by atoms with E-state index >= 15 is 0 Å². The molecule has 0 heterocycles. The van der Waals surface area contributed by atoms with E-state index in [1.165, 1.54) is 212 Å². The van der Waals surface area contributed by atoms with Crippen LogP contribution in [0.25, 0.3) is 0 Å². The van der Waals surface area contributed by atoms with Crippen molar-refractivity contribution in [1.29, 1.82) is 0 Å². The molecule has 0 rings (SSSR count). The summed E-state index contributed by atoms with van der Waals surface area (Å²) >= 11 is 0. The van der Waals surface area contributed by atoms with E-state index in [9.17, 15) is 14.4 Å². The van der Waals surface area contributed by atoms with Crippen LogP contribution in [-0.4, -0.2) is 37.2 Å². The van der Waals surface area contributed by atoms with Gasteiger partial charge in [0, 0.05) is 19.3 Å². The molecule has 0 spiro atoms. The third-order valence-corrected chi connectivity index (χ3v) is 13.6. The number of carbonyl (C=O) groups is 3. The third kappa shape index (κ3) is 56.4. The molecule has 0 saturated carbocycles. The molecule has 1 atom stereocenters. The number of hydrogen-bond donors (Lipinski definition) is 0. The Balaban J connectivity index is 4.31. The highest BCUT2D eigenvalue weighted by atomic mass is 16.6. The minimum absolute atomic E-state index is 0.0740. The Kier molecular flexibility index (Phi) is 56.2. The van der Waals surface area contributed by atoms with E-state index < -0.39 is 6.10 Å². The van der Waals surface area contributed by atoms with E-state index in [1.807, 2.05) is 0 Å². The van der Waals surface area contributed by atoms with Crippen LogP contribution in [0, 0.1) is 0 Å². The molecule has 0 saturated heterocycles. The van der Waals surface area contributed by atoms with Crippen LogP contribution in [0.4, 0.5) is 0 Å². The highest BCUT2D eigenvalue weighted by Gasteiger charge is 2.19. The second-order valence-corrected chi connectivity index (χ2v) is 20.6. The van der Waals surface area contributed by atoms with Gasteiger partial charge in [0.15, 0.2) is 6.10 Å². The SMILES string of the molecule is CCCC/C=C\C/C=C\CCCCCCCC(=O)OCC(COC(=O)CCCCCCCCCCC/C=C\CCCCCCCCCC)OC(=O)CCCCCCCCCCCCCCCCCC. The van der Waals surface area contributed by atoms with Gasteiger partial charge in [-0.2, -0.15) is 0 Å². The number of allylic oxidation sites excluding steroid dienone is 6. The molecule has 0 aromatic rings. The molecule has 0 amide bonds. The molecule has 0 bridgehead atoms. The van der Waals surface area contributed by atoms with Gasteiger partial charge in [0.25, 0.3) is 0 Å².